The summed E-state index contributed by atoms with van der Waals surface area (Å²) in [5.41, 5.74) is 1.98. The molecule has 0 aliphatic carbocycles. The normalized spacial score (nSPS) is 10.2. The molecule has 14 heavy (non-hydrogen) atoms. The molecule has 0 bridgehead atoms. The summed E-state index contributed by atoms with van der Waals surface area (Å²) in [6.45, 7) is 1.03. The molecule has 1 aromatic carbocycles. The van der Waals surface area contributed by atoms with Crippen LogP contribution in [0.1, 0.15) is 5.56 Å². The number of benzene rings is 1. The van der Waals surface area contributed by atoms with Gasteiger partial charge in [0.05, 0.1) is 18.9 Å². The first kappa shape index (κ1) is 8.79. The molecule has 0 aliphatic rings. The fourth-order valence-corrected chi connectivity index (χ4v) is 1.42. The molecule has 0 radical (unpaired) electrons. The molecule has 1 aromatic heterocycles. The molecule has 0 saturated carbocycles. The molecule has 0 amide bonds. The van der Waals surface area contributed by atoms with Crippen molar-refractivity contribution in [3.8, 4) is 6.07 Å². The maximum atomic E-state index is 8.37. The Morgan fingerprint density at radius 1 is 1.36 bits per heavy atom. The van der Waals surface area contributed by atoms with Gasteiger partial charge in [0.1, 0.15) is 5.58 Å². The predicted molar refractivity (Wildman–Crippen MR) is 53.5 cm³/mol. The van der Waals surface area contributed by atoms with E-state index >= 15 is 0 Å². The first-order valence-corrected chi connectivity index (χ1v) is 4.44. The third-order valence-corrected chi connectivity index (χ3v) is 2.08. The Hall–Kier alpha value is -1.79. The number of hydrogen-bond acceptors (Lipinski definition) is 3. The van der Waals surface area contributed by atoms with Crippen LogP contribution in [0.4, 0.5) is 0 Å². The van der Waals surface area contributed by atoms with E-state index in [0.29, 0.717) is 13.1 Å². The lowest BCUT2D eigenvalue weighted by atomic mass is 10.2. The van der Waals surface area contributed by atoms with Crippen molar-refractivity contribution >= 4 is 11.0 Å². The first-order valence-electron chi connectivity index (χ1n) is 4.44. The van der Waals surface area contributed by atoms with Crippen LogP contribution < -0.4 is 5.32 Å². The molecule has 0 unspecified atom stereocenters. The van der Waals surface area contributed by atoms with Crippen LogP contribution in [0.2, 0.25) is 0 Å². The van der Waals surface area contributed by atoms with Gasteiger partial charge in [-0.2, -0.15) is 5.26 Å². The molecule has 3 heteroatoms. The largest absolute Gasteiger partial charge is 0.464 e. The van der Waals surface area contributed by atoms with Gasteiger partial charge >= 0.3 is 0 Å². The van der Waals surface area contributed by atoms with Crippen LogP contribution in [0, 0.1) is 11.3 Å². The zero-order valence-corrected chi connectivity index (χ0v) is 7.66. The van der Waals surface area contributed by atoms with Crippen molar-refractivity contribution in [1.29, 1.82) is 5.26 Å². The third-order valence-electron chi connectivity index (χ3n) is 2.08. The lowest BCUT2D eigenvalue weighted by Gasteiger charge is -1.96. The number of fused-ring (bicyclic) bond motifs is 1. The summed E-state index contributed by atoms with van der Waals surface area (Å²) in [5.74, 6) is 0. The van der Waals surface area contributed by atoms with Crippen molar-refractivity contribution in [3.63, 3.8) is 0 Å². The molecule has 0 aliphatic heterocycles. The fourth-order valence-electron chi connectivity index (χ4n) is 1.42. The second kappa shape index (κ2) is 3.95. The Kier molecular flexibility index (Phi) is 2.48. The van der Waals surface area contributed by atoms with Crippen molar-refractivity contribution < 1.29 is 4.42 Å². The minimum atomic E-state index is 0.361. The molecule has 0 saturated heterocycles. The smallest absolute Gasteiger partial charge is 0.134 e. The maximum Gasteiger partial charge on any atom is 0.134 e. The van der Waals surface area contributed by atoms with E-state index in [9.17, 15) is 0 Å². The highest BCUT2D eigenvalue weighted by Crippen LogP contribution is 2.20. The number of rotatable bonds is 3. The summed E-state index contributed by atoms with van der Waals surface area (Å²) in [6, 6.07) is 9.91. The molecular weight excluding hydrogens is 176 g/mol. The molecule has 2 rings (SSSR count). The van der Waals surface area contributed by atoms with Gasteiger partial charge in [-0.3, -0.25) is 0 Å². The van der Waals surface area contributed by atoms with Crippen LogP contribution in [0.25, 0.3) is 11.0 Å². The number of nitrogens with zero attached hydrogens (tertiary/aromatic N) is 1. The average molecular weight is 186 g/mol. The Morgan fingerprint density at radius 3 is 3.07 bits per heavy atom. The Morgan fingerprint density at radius 2 is 2.21 bits per heavy atom. The lowest BCUT2D eigenvalue weighted by Crippen LogP contribution is -2.12. The van der Waals surface area contributed by atoms with Gasteiger partial charge in [-0.1, -0.05) is 18.2 Å². The van der Waals surface area contributed by atoms with Crippen molar-refractivity contribution in [2.24, 2.45) is 0 Å². The van der Waals surface area contributed by atoms with Crippen LogP contribution in [0.3, 0.4) is 0 Å². The van der Waals surface area contributed by atoms with Crippen LogP contribution in [0.5, 0.6) is 0 Å². The number of para-hydroxylation sites is 1. The number of nitriles is 1. The topological polar surface area (TPSA) is 49.0 Å². The lowest BCUT2D eigenvalue weighted by molar-refractivity contribution is 0.606. The van der Waals surface area contributed by atoms with E-state index < -0.39 is 0 Å². The zero-order valence-electron chi connectivity index (χ0n) is 7.66. The van der Waals surface area contributed by atoms with Gasteiger partial charge in [-0.15, -0.1) is 0 Å². The third kappa shape index (κ3) is 1.61. The Labute approximate surface area is 81.9 Å². The van der Waals surface area contributed by atoms with E-state index in [1.807, 2.05) is 30.3 Å². The Balaban J connectivity index is 2.22. The van der Waals surface area contributed by atoms with E-state index in [1.54, 1.807) is 6.26 Å². The van der Waals surface area contributed by atoms with E-state index in [4.69, 9.17) is 9.68 Å². The van der Waals surface area contributed by atoms with E-state index in [2.05, 4.69) is 5.32 Å². The molecule has 3 nitrogen and oxygen atoms in total. The molecule has 0 spiro atoms. The minimum Gasteiger partial charge on any atom is -0.464 e. The molecular formula is C11H10N2O. The molecule has 1 N–H and O–H groups in total. The van der Waals surface area contributed by atoms with Gasteiger partial charge in [-0.25, -0.2) is 0 Å². The molecule has 70 valence electrons. The predicted octanol–water partition coefficient (Wildman–Crippen LogP) is 2.05. The highest BCUT2D eigenvalue weighted by atomic mass is 16.3. The summed E-state index contributed by atoms with van der Waals surface area (Å²) in [6.07, 6.45) is 1.73. The quantitative estimate of drug-likeness (QED) is 0.589. The van der Waals surface area contributed by atoms with Gasteiger partial charge < -0.3 is 9.73 Å². The fraction of sp³-hybridized carbons (Fsp3) is 0.182. The van der Waals surface area contributed by atoms with Crippen LogP contribution >= 0.6 is 0 Å². The van der Waals surface area contributed by atoms with Crippen molar-refractivity contribution in [2.45, 2.75) is 6.54 Å². The SMILES string of the molecule is N#CCNCc1coc2ccccc12. The van der Waals surface area contributed by atoms with Crippen LogP contribution in [-0.4, -0.2) is 6.54 Å². The van der Waals surface area contributed by atoms with E-state index in [0.717, 1.165) is 16.5 Å². The van der Waals surface area contributed by atoms with Gasteiger partial charge in [0.25, 0.3) is 0 Å². The number of furan rings is 1. The van der Waals surface area contributed by atoms with Gasteiger partial charge in [0.15, 0.2) is 0 Å². The van der Waals surface area contributed by atoms with Crippen LogP contribution in [-0.2, 0) is 6.54 Å². The first-order chi connectivity index (χ1) is 6.92. The molecule has 0 atom stereocenters. The van der Waals surface area contributed by atoms with Crippen LogP contribution in [0.15, 0.2) is 34.9 Å². The molecule has 2 aromatic rings. The van der Waals surface area contributed by atoms with E-state index in [-0.39, 0.29) is 0 Å². The highest BCUT2D eigenvalue weighted by molar-refractivity contribution is 5.80. The summed E-state index contributed by atoms with van der Waals surface area (Å²) < 4.78 is 5.36. The summed E-state index contributed by atoms with van der Waals surface area (Å²) in [4.78, 5) is 0. The number of nitrogens with one attached hydrogen (secondary N) is 1. The van der Waals surface area contributed by atoms with Gasteiger partial charge in [0.2, 0.25) is 0 Å². The second-order valence-corrected chi connectivity index (χ2v) is 3.02. The average Bonchev–Trinajstić information content (AvgIpc) is 2.63. The van der Waals surface area contributed by atoms with Crippen molar-refractivity contribution in [3.05, 3.63) is 36.1 Å². The second-order valence-electron chi connectivity index (χ2n) is 3.02. The minimum absolute atomic E-state index is 0.361. The summed E-state index contributed by atoms with van der Waals surface area (Å²) >= 11 is 0. The maximum absolute atomic E-state index is 8.37. The molecule has 1 heterocycles. The van der Waals surface area contributed by atoms with E-state index in [1.165, 1.54) is 0 Å². The highest BCUT2D eigenvalue weighted by Gasteiger charge is 2.03. The monoisotopic (exact) mass is 186 g/mol. The summed E-state index contributed by atoms with van der Waals surface area (Å²) in [7, 11) is 0. The Bertz CT molecular complexity index is 467. The van der Waals surface area contributed by atoms with Gasteiger partial charge in [0, 0.05) is 17.5 Å². The van der Waals surface area contributed by atoms with Crippen molar-refractivity contribution in [1.82, 2.24) is 5.32 Å². The molecule has 0 fully saturated rings. The van der Waals surface area contributed by atoms with Gasteiger partial charge in [-0.05, 0) is 6.07 Å². The zero-order chi connectivity index (χ0) is 9.80. The van der Waals surface area contributed by atoms with Crippen molar-refractivity contribution in [2.75, 3.05) is 6.54 Å². The standard InChI is InChI=1S/C11H10N2O/c12-5-6-13-7-9-8-14-11-4-2-1-3-10(9)11/h1-4,8,13H,6-7H2. The number of hydrogen-bond donors (Lipinski definition) is 1. The summed E-state index contributed by atoms with van der Waals surface area (Å²) in [5, 5.41) is 12.5.